The van der Waals surface area contributed by atoms with Gasteiger partial charge in [-0.1, -0.05) is 0 Å². The number of piperidine rings is 1. The predicted molar refractivity (Wildman–Crippen MR) is 110 cm³/mol. The third-order valence-electron chi connectivity index (χ3n) is 5.55. The molecular formula is C21H29N5O3. The number of nitrogens with one attached hydrogen (secondary N) is 1. The van der Waals surface area contributed by atoms with E-state index in [2.05, 4.69) is 17.1 Å². The van der Waals surface area contributed by atoms with E-state index in [9.17, 15) is 9.59 Å². The predicted octanol–water partition coefficient (Wildman–Crippen LogP) is 2.14. The summed E-state index contributed by atoms with van der Waals surface area (Å²) in [5, 5.41) is 11.4. The molecule has 2 aliphatic heterocycles. The molecule has 0 aliphatic carbocycles. The number of hydrogen-bond acceptors (Lipinski definition) is 5. The Morgan fingerprint density at radius 2 is 1.86 bits per heavy atom. The van der Waals surface area contributed by atoms with Crippen molar-refractivity contribution >= 4 is 17.6 Å². The molecule has 29 heavy (non-hydrogen) atoms. The van der Waals surface area contributed by atoms with Gasteiger partial charge in [-0.05, 0) is 50.5 Å². The number of rotatable bonds is 5. The number of hydrogen-bond donors (Lipinski definition) is 1. The number of piperazine rings is 1. The van der Waals surface area contributed by atoms with E-state index in [0.717, 1.165) is 19.4 Å². The van der Waals surface area contributed by atoms with Crippen molar-refractivity contribution in [2.75, 3.05) is 51.2 Å². The molecule has 2 fully saturated rings. The first kappa shape index (κ1) is 20.9. The lowest BCUT2D eigenvalue weighted by atomic mass is 10.0. The van der Waals surface area contributed by atoms with Crippen LogP contribution in [0, 0.1) is 11.3 Å². The van der Waals surface area contributed by atoms with Gasteiger partial charge in [-0.2, -0.15) is 5.26 Å². The van der Waals surface area contributed by atoms with Gasteiger partial charge in [0.05, 0.1) is 6.54 Å². The Hall–Kier alpha value is -2.79. The Balaban J connectivity index is 1.42. The lowest BCUT2D eigenvalue weighted by molar-refractivity contribution is -0.136. The standard InChI is InChI=1S/C21H29N5O3/c1-17-4-2-3-10-26(17)20(27)16-24-11-13-25(14-12-24)21(28)23-18-5-7-19(8-6-18)29-15-9-22/h5-8,17H,2-4,10-16H2,1H3,(H,23,28). The van der Waals surface area contributed by atoms with Crippen LogP contribution in [0.4, 0.5) is 10.5 Å². The first-order valence-corrected chi connectivity index (χ1v) is 10.2. The number of nitrogens with zero attached hydrogens (tertiary/aromatic N) is 4. The maximum Gasteiger partial charge on any atom is 0.321 e. The minimum atomic E-state index is -0.147. The molecular weight excluding hydrogens is 370 g/mol. The molecule has 1 atom stereocenters. The summed E-state index contributed by atoms with van der Waals surface area (Å²) in [6, 6.07) is 9.04. The molecule has 2 saturated heterocycles. The Labute approximate surface area is 172 Å². The zero-order chi connectivity index (χ0) is 20.6. The van der Waals surface area contributed by atoms with Crippen molar-refractivity contribution in [1.29, 1.82) is 5.26 Å². The van der Waals surface area contributed by atoms with Crippen LogP contribution in [-0.2, 0) is 4.79 Å². The van der Waals surface area contributed by atoms with Gasteiger partial charge < -0.3 is 19.9 Å². The smallest absolute Gasteiger partial charge is 0.321 e. The summed E-state index contributed by atoms with van der Waals surface area (Å²) in [6.45, 7) is 6.00. The molecule has 0 aromatic heterocycles. The van der Waals surface area contributed by atoms with Gasteiger partial charge in [0.25, 0.3) is 0 Å². The molecule has 8 nitrogen and oxygen atoms in total. The maximum atomic E-state index is 12.6. The molecule has 156 valence electrons. The van der Waals surface area contributed by atoms with Crippen LogP contribution in [0.25, 0.3) is 0 Å². The van der Waals surface area contributed by atoms with Crippen LogP contribution >= 0.6 is 0 Å². The number of anilines is 1. The third kappa shape index (κ3) is 5.84. The molecule has 0 radical (unpaired) electrons. The Morgan fingerprint density at radius 3 is 2.52 bits per heavy atom. The first-order chi connectivity index (χ1) is 14.1. The van der Waals surface area contributed by atoms with Crippen molar-refractivity contribution in [3.63, 3.8) is 0 Å². The molecule has 0 spiro atoms. The summed E-state index contributed by atoms with van der Waals surface area (Å²) in [5.74, 6) is 0.791. The van der Waals surface area contributed by atoms with Gasteiger partial charge in [-0.3, -0.25) is 9.69 Å². The van der Waals surface area contributed by atoms with Gasteiger partial charge in [0.2, 0.25) is 5.91 Å². The van der Waals surface area contributed by atoms with Crippen molar-refractivity contribution in [3.8, 4) is 11.8 Å². The monoisotopic (exact) mass is 399 g/mol. The minimum absolute atomic E-state index is 0.00480. The highest BCUT2D eigenvalue weighted by atomic mass is 16.5. The molecule has 0 saturated carbocycles. The average molecular weight is 399 g/mol. The van der Waals surface area contributed by atoms with E-state index < -0.39 is 0 Å². The zero-order valence-corrected chi connectivity index (χ0v) is 17.0. The van der Waals surface area contributed by atoms with Gasteiger partial charge in [0.1, 0.15) is 11.8 Å². The highest BCUT2D eigenvalue weighted by Gasteiger charge is 2.27. The summed E-state index contributed by atoms with van der Waals surface area (Å²) in [5.41, 5.74) is 0.677. The SMILES string of the molecule is CC1CCCCN1C(=O)CN1CCN(C(=O)Nc2ccc(OCC#N)cc2)CC1. The number of ether oxygens (including phenoxy) is 1. The number of carbonyl (C=O) groups excluding carboxylic acids is 2. The van der Waals surface area contributed by atoms with E-state index in [-0.39, 0.29) is 18.5 Å². The van der Waals surface area contributed by atoms with Crippen LogP contribution in [0.15, 0.2) is 24.3 Å². The molecule has 1 unspecified atom stereocenters. The second-order valence-corrected chi connectivity index (χ2v) is 7.60. The molecule has 3 rings (SSSR count). The molecule has 8 heteroatoms. The van der Waals surface area contributed by atoms with E-state index in [1.54, 1.807) is 29.2 Å². The van der Waals surface area contributed by atoms with Crippen molar-refractivity contribution in [1.82, 2.24) is 14.7 Å². The van der Waals surface area contributed by atoms with Crippen molar-refractivity contribution in [2.24, 2.45) is 0 Å². The zero-order valence-electron chi connectivity index (χ0n) is 17.0. The number of likely N-dealkylation sites (tertiary alicyclic amines) is 1. The fraction of sp³-hybridized carbons (Fsp3) is 0.571. The first-order valence-electron chi connectivity index (χ1n) is 10.2. The van der Waals surface area contributed by atoms with E-state index in [1.165, 1.54) is 6.42 Å². The van der Waals surface area contributed by atoms with E-state index in [1.807, 2.05) is 11.0 Å². The summed E-state index contributed by atoms with van der Waals surface area (Å²) < 4.78 is 5.20. The van der Waals surface area contributed by atoms with Crippen molar-refractivity contribution in [2.45, 2.75) is 32.2 Å². The van der Waals surface area contributed by atoms with E-state index >= 15 is 0 Å². The Bertz CT molecular complexity index is 738. The Morgan fingerprint density at radius 1 is 1.14 bits per heavy atom. The van der Waals surface area contributed by atoms with Gasteiger partial charge in [-0.25, -0.2) is 4.79 Å². The number of nitriles is 1. The summed E-state index contributed by atoms with van der Waals surface area (Å²) in [4.78, 5) is 31.0. The molecule has 1 N–H and O–H groups in total. The van der Waals surface area contributed by atoms with Crippen molar-refractivity contribution < 1.29 is 14.3 Å². The number of carbonyl (C=O) groups is 2. The van der Waals surface area contributed by atoms with Crippen LogP contribution in [0.5, 0.6) is 5.75 Å². The fourth-order valence-electron chi connectivity index (χ4n) is 3.81. The minimum Gasteiger partial charge on any atom is -0.479 e. The van der Waals surface area contributed by atoms with Gasteiger partial charge in [0.15, 0.2) is 6.61 Å². The normalized spacial score (nSPS) is 20.1. The molecule has 0 bridgehead atoms. The van der Waals surface area contributed by atoms with Crippen LogP contribution in [0.1, 0.15) is 26.2 Å². The topological polar surface area (TPSA) is 88.9 Å². The summed E-state index contributed by atoms with van der Waals surface area (Å²) in [7, 11) is 0. The highest BCUT2D eigenvalue weighted by molar-refractivity contribution is 5.89. The van der Waals surface area contributed by atoms with Gasteiger partial charge in [0, 0.05) is 44.5 Å². The maximum absolute atomic E-state index is 12.6. The van der Waals surface area contributed by atoms with Crippen LogP contribution in [-0.4, -0.2) is 78.6 Å². The fourth-order valence-corrected chi connectivity index (χ4v) is 3.81. The number of urea groups is 1. The number of amides is 3. The van der Waals surface area contributed by atoms with Gasteiger partial charge in [-0.15, -0.1) is 0 Å². The summed E-state index contributed by atoms with van der Waals surface area (Å²) in [6.07, 6.45) is 3.38. The molecule has 2 heterocycles. The molecule has 2 aliphatic rings. The average Bonchev–Trinajstić information content (AvgIpc) is 2.74. The lowest BCUT2D eigenvalue weighted by Crippen LogP contribution is -2.53. The third-order valence-corrected chi connectivity index (χ3v) is 5.55. The molecule has 1 aromatic carbocycles. The second kappa shape index (κ2) is 10.1. The molecule has 3 amide bonds. The summed E-state index contributed by atoms with van der Waals surface area (Å²) >= 11 is 0. The molecule has 1 aromatic rings. The van der Waals surface area contributed by atoms with Crippen LogP contribution in [0.2, 0.25) is 0 Å². The highest BCUT2D eigenvalue weighted by Crippen LogP contribution is 2.18. The lowest BCUT2D eigenvalue weighted by Gasteiger charge is -2.38. The van der Waals surface area contributed by atoms with E-state index in [4.69, 9.17) is 10.00 Å². The quantitative estimate of drug-likeness (QED) is 0.819. The van der Waals surface area contributed by atoms with Crippen molar-refractivity contribution in [3.05, 3.63) is 24.3 Å². The van der Waals surface area contributed by atoms with Gasteiger partial charge >= 0.3 is 6.03 Å². The van der Waals surface area contributed by atoms with Crippen LogP contribution < -0.4 is 10.1 Å². The van der Waals surface area contributed by atoms with Crippen LogP contribution in [0.3, 0.4) is 0 Å². The Kier molecular flexibility index (Phi) is 7.30. The second-order valence-electron chi connectivity index (χ2n) is 7.60. The largest absolute Gasteiger partial charge is 0.479 e. The van der Waals surface area contributed by atoms with E-state index in [0.29, 0.717) is 50.2 Å². The number of benzene rings is 1.